The lowest BCUT2D eigenvalue weighted by molar-refractivity contribution is -0.122. The Morgan fingerprint density at radius 2 is 1.96 bits per heavy atom. The standard InChI is InChI=1S/C19H19ClN2O/c1-13-10-16-6-3-4-9-18(16)22(13)12-19(23)21-14(2)15-7-5-8-17(20)11-15/h3-11,14H,12H2,1-2H3,(H,21,23). The zero-order valence-electron chi connectivity index (χ0n) is 13.2. The topological polar surface area (TPSA) is 34.0 Å². The first kappa shape index (κ1) is 15.6. The number of hydrogen-bond donors (Lipinski definition) is 1. The molecule has 1 N–H and O–H groups in total. The Labute approximate surface area is 140 Å². The summed E-state index contributed by atoms with van der Waals surface area (Å²) in [5.41, 5.74) is 3.16. The van der Waals surface area contributed by atoms with Crippen molar-refractivity contribution < 1.29 is 4.79 Å². The van der Waals surface area contributed by atoms with Crippen LogP contribution >= 0.6 is 11.6 Å². The fraction of sp³-hybridized carbons (Fsp3) is 0.211. The maximum Gasteiger partial charge on any atom is 0.240 e. The van der Waals surface area contributed by atoms with E-state index >= 15 is 0 Å². The molecule has 118 valence electrons. The lowest BCUT2D eigenvalue weighted by atomic mass is 10.1. The van der Waals surface area contributed by atoms with Crippen LogP contribution in [0, 0.1) is 6.92 Å². The van der Waals surface area contributed by atoms with E-state index in [1.807, 2.05) is 60.9 Å². The SMILES string of the molecule is Cc1cc2ccccc2n1CC(=O)NC(C)c1cccc(Cl)c1. The molecule has 1 atom stereocenters. The third kappa shape index (κ3) is 3.40. The molecule has 0 radical (unpaired) electrons. The van der Waals surface area contributed by atoms with Crippen molar-refractivity contribution in [2.24, 2.45) is 0 Å². The Morgan fingerprint density at radius 1 is 1.17 bits per heavy atom. The molecule has 0 aliphatic rings. The van der Waals surface area contributed by atoms with Gasteiger partial charge in [-0.15, -0.1) is 0 Å². The molecule has 0 saturated carbocycles. The van der Waals surface area contributed by atoms with Gasteiger partial charge in [0.15, 0.2) is 0 Å². The molecule has 3 nitrogen and oxygen atoms in total. The minimum absolute atomic E-state index is 0.0121. The van der Waals surface area contributed by atoms with Gasteiger partial charge in [-0.1, -0.05) is 41.9 Å². The molecule has 3 aromatic rings. The highest BCUT2D eigenvalue weighted by Crippen LogP contribution is 2.20. The maximum absolute atomic E-state index is 12.4. The van der Waals surface area contributed by atoms with E-state index in [2.05, 4.69) is 17.4 Å². The first-order valence-corrected chi connectivity index (χ1v) is 8.02. The molecule has 0 saturated heterocycles. The summed E-state index contributed by atoms with van der Waals surface area (Å²) in [6.45, 7) is 4.29. The van der Waals surface area contributed by atoms with Crippen LogP contribution in [0.2, 0.25) is 5.02 Å². The molecule has 3 rings (SSSR count). The molecule has 1 aromatic heterocycles. The van der Waals surface area contributed by atoms with Gasteiger partial charge in [0.25, 0.3) is 0 Å². The number of carbonyl (C=O) groups excluding carboxylic acids is 1. The largest absolute Gasteiger partial charge is 0.348 e. The fourth-order valence-corrected chi connectivity index (χ4v) is 3.05. The normalized spacial score (nSPS) is 12.3. The molecule has 0 spiro atoms. The summed E-state index contributed by atoms with van der Waals surface area (Å²) < 4.78 is 2.04. The summed E-state index contributed by atoms with van der Waals surface area (Å²) in [7, 11) is 0. The van der Waals surface area contributed by atoms with Gasteiger partial charge in [0.05, 0.1) is 6.04 Å². The monoisotopic (exact) mass is 326 g/mol. The van der Waals surface area contributed by atoms with Crippen molar-refractivity contribution in [3.8, 4) is 0 Å². The Hall–Kier alpha value is -2.26. The fourth-order valence-electron chi connectivity index (χ4n) is 2.85. The van der Waals surface area contributed by atoms with Crippen molar-refractivity contribution in [1.82, 2.24) is 9.88 Å². The molecule has 0 bridgehead atoms. The number of nitrogens with one attached hydrogen (secondary N) is 1. The Morgan fingerprint density at radius 3 is 2.74 bits per heavy atom. The molecule has 1 amide bonds. The highest BCUT2D eigenvalue weighted by atomic mass is 35.5. The van der Waals surface area contributed by atoms with E-state index in [0.717, 1.165) is 22.2 Å². The number of carbonyl (C=O) groups is 1. The Balaban J connectivity index is 1.75. The van der Waals surface area contributed by atoms with E-state index in [1.165, 1.54) is 0 Å². The predicted molar refractivity (Wildman–Crippen MR) is 94.7 cm³/mol. The molecule has 1 heterocycles. The maximum atomic E-state index is 12.4. The van der Waals surface area contributed by atoms with Gasteiger partial charge in [-0.2, -0.15) is 0 Å². The van der Waals surface area contributed by atoms with Gasteiger partial charge in [0.2, 0.25) is 5.91 Å². The number of amides is 1. The summed E-state index contributed by atoms with van der Waals surface area (Å²) in [6, 6.07) is 17.7. The minimum atomic E-state index is -0.0802. The van der Waals surface area contributed by atoms with E-state index < -0.39 is 0 Å². The highest BCUT2D eigenvalue weighted by Gasteiger charge is 2.13. The summed E-state index contributed by atoms with van der Waals surface area (Å²) in [6.07, 6.45) is 0. The summed E-state index contributed by atoms with van der Waals surface area (Å²) in [5.74, 6) is -0.0121. The third-order valence-corrected chi connectivity index (χ3v) is 4.28. The molecule has 1 unspecified atom stereocenters. The van der Waals surface area contributed by atoms with Crippen LogP contribution < -0.4 is 5.32 Å². The summed E-state index contributed by atoms with van der Waals surface area (Å²) >= 11 is 6.01. The number of aryl methyl sites for hydroxylation is 1. The molecule has 23 heavy (non-hydrogen) atoms. The zero-order valence-corrected chi connectivity index (χ0v) is 14.0. The highest BCUT2D eigenvalue weighted by molar-refractivity contribution is 6.30. The van der Waals surface area contributed by atoms with Gasteiger partial charge in [-0.25, -0.2) is 0 Å². The lowest BCUT2D eigenvalue weighted by Gasteiger charge is -2.16. The zero-order chi connectivity index (χ0) is 16.4. The number of fused-ring (bicyclic) bond motifs is 1. The lowest BCUT2D eigenvalue weighted by Crippen LogP contribution is -2.30. The minimum Gasteiger partial charge on any atom is -0.348 e. The van der Waals surface area contributed by atoms with Crippen LogP contribution in [-0.2, 0) is 11.3 Å². The first-order chi connectivity index (χ1) is 11.0. The number of hydrogen-bond acceptors (Lipinski definition) is 1. The molecule has 2 aromatic carbocycles. The van der Waals surface area contributed by atoms with E-state index in [0.29, 0.717) is 11.6 Å². The number of benzene rings is 2. The van der Waals surface area contributed by atoms with Crippen LogP contribution in [0.5, 0.6) is 0 Å². The van der Waals surface area contributed by atoms with Gasteiger partial charge >= 0.3 is 0 Å². The smallest absolute Gasteiger partial charge is 0.240 e. The number of aromatic nitrogens is 1. The Bertz CT molecular complexity index is 853. The van der Waals surface area contributed by atoms with E-state index in [-0.39, 0.29) is 11.9 Å². The van der Waals surface area contributed by atoms with Gasteiger partial charge in [-0.05, 0) is 49.1 Å². The number of rotatable bonds is 4. The van der Waals surface area contributed by atoms with Crippen LogP contribution in [0.3, 0.4) is 0 Å². The Kier molecular flexibility index (Phi) is 4.39. The second-order valence-corrected chi connectivity index (χ2v) is 6.21. The molecule has 0 aliphatic heterocycles. The second-order valence-electron chi connectivity index (χ2n) is 5.77. The van der Waals surface area contributed by atoms with Crippen molar-refractivity contribution in [2.45, 2.75) is 26.4 Å². The van der Waals surface area contributed by atoms with Crippen LogP contribution in [0.4, 0.5) is 0 Å². The number of nitrogens with zero attached hydrogens (tertiary/aromatic N) is 1. The molecule has 0 aliphatic carbocycles. The van der Waals surface area contributed by atoms with Gasteiger partial charge in [0, 0.05) is 16.2 Å². The van der Waals surface area contributed by atoms with E-state index in [9.17, 15) is 4.79 Å². The summed E-state index contributed by atoms with van der Waals surface area (Å²) in [5, 5.41) is 4.87. The average molecular weight is 327 g/mol. The third-order valence-electron chi connectivity index (χ3n) is 4.05. The van der Waals surface area contributed by atoms with Gasteiger partial charge < -0.3 is 9.88 Å². The number of halogens is 1. The van der Waals surface area contributed by atoms with E-state index in [1.54, 1.807) is 0 Å². The molecular formula is C19H19ClN2O. The van der Waals surface area contributed by atoms with Crippen LogP contribution in [0.1, 0.15) is 24.2 Å². The van der Waals surface area contributed by atoms with E-state index in [4.69, 9.17) is 11.6 Å². The quantitative estimate of drug-likeness (QED) is 0.753. The van der Waals surface area contributed by atoms with Crippen molar-refractivity contribution >= 4 is 28.4 Å². The molecular weight excluding hydrogens is 308 g/mol. The van der Waals surface area contributed by atoms with Crippen molar-refractivity contribution in [3.05, 3.63) is 70.9 Å². The van der Waals surface area contributed by atoms with Crippen LogP contribution in [-0.4, -0.2) is 10.5 Å². The van der Waals surface area contributed by atoms with Crippen molar-refractivity contribution in [2.75, 3.05) is 0 Å². The van der Waals surface area contributed by atoms with Crippen molar-refractivity contribution in [3.63, 3.8) is 0 Å². The second kappa shape index (κ2) is 6.47. The predicted octanol–water partition coefficient (Wildman–Crippen LogP) is 4.48. The van der Waals surface area contributed by atoms with Gasteiger partial charge in [-0.3, -0.25) is 4.79 Å². The molecule has 4 heteroatoms. The van der Waals surface area contributed by atoms with Crippen LogP contribution in [0.15, 0.2) is 54.6 Å². The number of para-hydroxylation sites is 1. The van der Waals surface area contributed by atoms with Crippen molar-refractivity contribution in [1.29, 1.82) is 0 Å². The molecule has 0 fully saturated rings. The first-order valence-electron chi connectivity index (χ1n) is 7.64. The van der Waals surface area contributed by atoms with Crippen LogP contribution in [0.25, 0.3) is 10.9 Å². The average Bonchev–Trinajstić information content (AvgIpc) is 2.83. The summed E-state index contributed by atoms with van der Waals surface area (Å²) in [4.78, 5) is 12.4. The van der Waals surface area contributed by atoms with Gasteiger partial charge in [0.1, 0.15) is 6.54 Å².